The molecule has 0 aliphatic rings. The number of aromatic nitrogens is 4. The summed E-state index contributed by atoms with van der Waals surface area (Å²) in [6, 6.07) is 43.0. The summed E-state index contributed by atoms with van der Waals surface area (Å²) in [7, 11) is 0. The van der Waals surface area contributed by atoms with Crippen LogP contribution in [-0.2, 0) is 0 Å². The quantitative estimate of drug-likeness (QED) is 0.125. The summed E-state index contributed by atoms with van der Waals surface area (Å²) in [6.45, 7) is 0. The fourth-order valence-electron chi connectivity index (χ4n) is 5.52. The van der Waals surface area contributed by atoms with Gasteiger partial charge in [-0.3, -0.25) is 9.97 Å². The molecule has 5 heteroatoms. The van der Waals surface area contributed by atoms with Gasteiger partial charge in [-0.1, -0.05) is 48.2 Å². The molecule has 5 aromatic carbocycles. The van der Waals surface area contributed by atoms with Crippen molar-refractivity contribution in [1.29, 1.82) is 0 Å². The van der Waals surface area contributed by atoms with Gasteiger partial charge >= 0.3 is 0 Å². The lowest BCUT2D eigenvalue weighted by atomic mass is 10.1. The van der Waals surface area contributed by atoms with Crippen LogP contribution in [-0.4, -0.2) is 19.9 Å². The van der Waals surface area contributed by atoms with Crippen molar-refractivity contribution in [3.8, 4) is 11.8 Å². The predicted octanol–water partition coefficient (Wildman–Crippen LogP) is 8.75. The summed E-state index contributed by atoms with van der Waals surface area (Å²) in [5.41, 5.74) is 10.0. The fraction of sp³-hybridized carbons (Fsp3) is 0. The van der Waals surface area contributed by atoms with Crippen molar-refractivity contribution >= 4 is 60.9 Å². The van der Waals surface area contributed by atoms with Crippen LogP contribution in [0.1, 0.15) is 11.1 Å². The number of benzene rings is 5. The number of hydrogen-bond acceptors (Lipinski definition) is 5. The first-order valence-corrected chi connectivity index (χ1v) is 14.1. The van der Waals surface area contributed by atoms with Crippen molar-refractivity contribution in [2.75, 3.05) is 4.90 Å². The van der Waals surface area contributed by atoms with E-state index in [0.717, 1.165) is 72.1 Å². The molecule has 0 aliphatic heterocycles. The van der Waals surface area contributed by atoms with Crippen LogP contribution in [0, 0.1) is 11.8 Å². The lowest BCUT2D eigenvalue weighted by molar-refractivity contribution is 1.28. The molecule has 8 aromatic rings. The molecule has 0 radical (unpaired) electrons. The molecule has 0 unspecified atom stereocenters. The first-order valence-electron chi connectivity index (χ1n) is 14.1. The van der Waals surface area contributed by atoms with Crippen LogP contribution in [0.15, 0.2) is 140 Å². The van der Waals surface area contributed by atoms with Gasteiger partial charge in [0.1, 0.15) is 0 Å². The SMILES string of the molecule is C(#Cc1ccc2nc3c4cccnc4c4ncccc4c3nc2c1)c1ccc(N(c2ccccc2)c2ccccc2)cc1. The van der Waals surface area contributed by atoms with Gasteiger partial charge in [-0.15, -0.1) is 0 Å². The third-order valence-corrected chi connectivity index (χ3v) is 7.52. The molecule has 43 heavy (non-hydrogen) atoms. The van der Waals surface area contributed by atoms with Crippen molar-refractivity contribution in [1.82, 2.24) is 19.9 Å². The maximum absolute atomic E-state index is 5.06. The van der Waals surface area contributed by atoms with E-state index in [9.17, 15) is 0 Å². The van der Waals surface area contributed by atoms with E-state index in [1.807, 2.05) is 54.6 Å². The normalized spacial score (nSPS) is 11.1. The van der Waals surface area contributed by atoms with Gasteiger partial charge in [0.15, 0.2) is 0 Å². The van der Waals surface area contributed by atoms with Crippen LogP contribution in [0.5, 0.6) is 0 Å². The van der Waals surface area contributed by atoms with E-state index in [0.29, 0.717) is 0 Å². The molecule has 0 saturated carbocycles. The molecule has 5 nitrogen and oxygen atoms in total. The minimum Gasteiger partial charge on any atom is -0.311 e. The fourth-order valence-corrected chi connectivity index (χ4v) is 5.52. The van der Waals surface area contributed by atoms with Crippen LogP contribution < -0.4 is 4.90 Å². The van der Waals surface area contributed by atoms with Gasteiger partial charge in [0.05, 0.1) is 33.1 Å². The Bertz CT molecular complexity index is 2300. The van der Waals surface area contributed by atoms with E-state index in [4.69, 9.17) is 9.97 Å². The van der Waals surface area contributed by atoms with Crippen molar-refractivity contribution in [3.63, 3.8) is 0 Å². The van der Waals surface area contributed by atoms with E-state index in [2.05, 4.69) is 99.5 Å². The van der Waals surface area contributed by atoms with Crippen molar-refractivity contribution < 1.29 is 0 Å². The highest BCUT2D eigenvalue weighted by atomic mass is 15.1. The topological polar surface area (TPSA) is 54.8 Å². The van der Waals surface area contributed by atoms with Crippen molar-refractivity contribution in [3.05, 3.63) is 151 Å². The number of rotatable bonds is 3. The average Bonchev–Trinajstić information content (AvgIpc) is 3.08. The molecule has 3 aromatic heterocycles. The Morgan fingerprint density at radius 1 is 0.419 bits per heavy atom. The van der Waals surface area contributed by atoms with Crippen LogP contribution in [0.3, 0.4) is 0 Å². The van der Waals surface area contributed by atoms with E-state index in [1.165, 1.54) is 0 Å². The molecule has 0 spiro atoms. The standard InChI is InChI=1S/C38H23N5/c1-3-9-28(10-4-1)43(29-11-5-2-6-12-29)30-20-17-26(18-21-30)15-16-27-19-22-33-34(25-27)42-38-32-14-8-24-40-36(32)35-31(37(38)41-33)13-7-23-39-35/h1-14,17-25H. The number of fused-ring (bicyclic) bond motifs is 7. The van der Waals surface area contributed by atoms with Crippen LogP contribution in [0.4, 0.5) is 17.1 Å². The second-order valence-electron chi connectivity index (χ2n) is 10.2. The lowest BCUT2D eigenvalue weighted by Gasteiger charge is -2.25. The zero-order chi connectivity index (χ0) is 28.6. The zero-order valence-corrected chi connectivity index (χ0v) is 23.0. The summed E-state index contributed by atoms with van der Waals surface area (Å²) in [6.07, 6.45) is 3.58. The highest BCUT2D eigenvalue weighted by Crippen LogP contribution is 2.34. The Balaban J connectivity index is 1.16. The maximum Gasteiger partial charge on any atom is 0.0996 e. The summed E-state index contributed by atoms with van der Waals surface area (Å²) >= 11 is 0. The molecule has 0 fully saturated rings. The van der Waals surface area contributed by atoms with Crippen molar-refractivity contribution in [2.24, 2.45) is 0 Å². The second-order valence-corrected chi connectivity index (χ2v) is 10.2. The molecule has 0 saturated heterocycles. The van der Waals surface area contributed by atoms with Gasteiger partial charge < -0.3 is 4.90 Å². The number of anilines is 3. The lowest BCUT2D eigenvalue weighted by Crippen LogP contribution is -2.09. The molecule has 0 bridgehead atoms. The highest BCUT2D eigenvalue weighted by Gasteiger charge is 2.14. The number of hydrogen-bond donors (Lipinski definition) is 0. The van der Waals surface area contributed by atoms with E-state index in [1.54, 1.807) is 12.4 Å². The predicted molar refractivity (Wildman–Crippen MR) is 175 cm³/mol. The molecule has 0 atom stereocenters. The molecule has 200 valence electrons. The molecule has 3 heterocycles. The Morgan fingerprint density at radius 3 is 1.53 bits per heavy atom. The van der Waals surface area contributed by atoms with E-state index < -0.39 is 0 Å². The first kappa shape index (κ1) is 24.7. The van der Waals surface area contributed by atoms with E-state index >= 15 is 0 Å². The third-order valence-electron chi connectivity index (χ3n) is 7.52. The largest absolute Gasteiger partial charge is 0.311 e. The molecule has 0 aliphatic carbocycles. The number of pyridine rings is 2. The Labute approximate surface area is 248 Å². The van der Waals surface area contributed by atoms with Crippen LogP contribution >= 0.6 is 0 Å². The minimum absolute atomic E-state index is 0.796. The second kappa shape index (κ2) is 10.4. The van der Waals surface area contributed by atoms with Gasteiger partial charge in [-0.05, 0) is 91.0 Å². The summed E-state index contributed by atoms with van der Waals surface area (Å²) in [4.78, 5) is 21.5. The van der Waals surface area contributed by atoms with E-state index in [-0.39, 0.29) is 0 Å². The van der Waals surface area contributed by atoms with Crippen LogP contribution in [0.25, 0.3) is 43.9 Å². The minimum atomic E-state index is 0.796. The summed E-state index contributed by atoms with van der Waals surface area (Å²) < 4.78 is 0. The highest BCUT2D eigenvalue weighted by molar-refractivity contribution is 6.21. The molecule has 0 N–H and O–H groups in total. The van der Waals surface area contributed by atoms with Gasteiger partial charge in [-0.25, -0.2) is 9.97 Å². The monoisotopic (exact) mass is 549 g/mol. The van der Waals surface area contributed by atoms with Gasteiger partial charge in [0.25, 0.3) is 0 Å². The van der Waals surface area contributed by atoms with Crippen molar-refractivity contribution in [2.45, 2.75) is 0 Å². The molecular weight excluding hydrogens is 526 g/mol. The number of nitrogens with zero attached hydrogens (tertiary/aromatic N) is 5. The smallest absolute Gasteiger partial charge is 0.0996 e. The Morgan fingerprint density at radius 2 is 0.930 bits per heavy atom. The Hall–Kier alpha value is -6.12. The number of para-hydroxylation sites is 2. The maximum atomic E-state index is 5.06. The van der Waals surface area contributed by atoms with Gasteiger partial charge in [-0.2, -0.15) is 0 Å². The molecular formula is C38H23N5. The molecule has 8 rings (SSSR count). The average molecular weight is 550 g/mol. The van der Waals surface area contributed by atoms with Gasteiger partial charge in [0, 0.05) is 51.4 Å². The Kier molecular flexibility index (Phi) is 5.95. The molecule has 0 amide bonds. The van der Waals surface area contributed by atoms with Crippen LogP contribution in [0.2, 0.25) is 0 Å². The van der Waals surface area contributed by atoms with Gasteiger partial charge in [0.2, 0.25) is 0 Å². The zero-order valence-electron chi connectivity index (χ0n) is 23.0. The summed E-state index contributed by atoms with van der Waals surface area (Å²) in [5.74, 6) is 6.65. The third kappa shape index (κ3) is 4.48. The first-order chi connectivity index (χ1) is 21.3. The summed E-state index contributed by atoms with van der Waals surface area (Å²) in [5, 5.41) is 1.89.